The van der Waals surface area contributed by atoms with Crippen LogP contribution in [0.15, 0.2) is 21.4 Å². The number of nitrogen functional groups attached to an aromatic ring is 1. The molecule has 0 bridgehead atoms. The van der Waals surface area contributed by atoms with Crippen LogP contribution >= 0.6 is 34.6 Å². The van der Waals surface area contributed by atoms with Crippen LogP contribution in [0.3, 0.4) is 0 Å². The van der Waals surface area contributed by atoms with E-state index in [1.54, 1.807) is 23.1 Å². The summed E-state index contributed by atoms with van der Waals surface area (Å²) in [4.78, 5) is 9.80. The second kappa shape index (κ2) is 4.49. The zero-order chi connectivity index (χ0) is 12.7. The van der Waals surface area contributed by atoms with Crippen LogP contribution in [0.1, 0.15) is 10.8 Å². The number of anilines is 1. The van der Waals surface area contributed by atoms with Crippen molar-refractivity contribution in [2.24, 2.45) is 0 Å². The van der Waals surface area contributed by atoms with Gasteiger partial charge in [-0.2, -0.15) is 4.37 Å². The van der Waals surface area contributed by atoms with E-state index in [2.05, 4.69) is 14.3 Å². The zero-order valence-corrected chi connectivity index (χ0v) is 12.2. The summed E-state index contributed by atoms with van der Waals surface area (Å²) in [5.74, 6) is 0.798. The molecule has 2 heterocycles. The van der Waals surface area contributed by atoms with Crippen LogP contribution in [-0.4, -0.2) is 14.3 Å². The second-order valence-corrected chi connectivity index (χ2v) is 7.08. The first kappa shape index (κ1) is 11.9. The third kappa shape index (κ3) is 2.21. The average Bonchev–Trinajstić information content (AvgIpc) is 2.85. The maximum absolute atomic E-state index is 6.07. The highest BCUT2D eigenvalue weighted by molar-refractivity contribution is 8.01. The van der Waals surface area contributed by atoms with Crippen LogP contribution in [0.2, 0.25) is 0 Å². The lowest BCUT2D eigenvalue weighted by molar-refractivity contribution is 1.10. The SMILES string of the molecule is Cc1nsc(Sc2cc3nc(C)sc3cc2N)n1. The molecule has 1 aromatic carbocycles. The molecule has 2 aromatic heterocycles. The molecule has 92 valence electrons. The Hall–Kier alpha value is -1.18. The minimum atomic E-state index is 0.768. The van der Waals surface area contributed by atoms with Gasteiger partial charge < -0.3 is 5.73 Å². The summed E-state index contributed by atoms with van der Waals surface area (Å²) in [5, 5.41) is 1.05. The number of hydrogen-bond donors (Lipinski definition) is 1. The lowest BCUT2D eigenvalue weighted by Gasteiger charge is -2.02. The Balaban J connectivity index is 2.02. The first-order valence-electron chi connectivity index (χ1n) is 5.26. The molecule has 0 aliphatic rings. The fraction of sp³-hybridized carbons (Fsp3) is 0.182. The number of nitrogens with zero attached hydrogens (tertiary/aromatic N) is 3. The van der Waals surface area contributed by atoms with E-state index in [-0.39, 0.29) is 0 Å². The fourth-order valence-corrected chi connectivity index (χ4v) is 4.11. The summed E-state index contributed by atoms with van der Waals surface area (Å²) in [5.41, 5.74) is 7.83. The van der Waals surface area contributed by atoms with Gasteiger partial charge in [0.2, 0.25) is 0 Å². The maximum Gasteiger partial charge on any atom is 0.174 e. The third-order valence-corrected chi connectivity index (χ3v) is 5.18. The van der Waals surface area contributed by atoms with Gasteiger partial charge in [-0.15, -0.1) is 11.3 Å². The number of nitrogens with two attached hydrogens (primary N) is 1. The molecule has 3 rings (SSSR count). The maximum atomic E-state index is 6.07. The van der Waals surface area contributed by atoms with Crippen molar-refractivity contribution >= 4 is 50.5 Å². The van der Waals surface area contributed by atoms with Crippen molar-refractivity contribution < 1.29 is 0 Å². The predicted octanol–water partition coefficient (Wildman–Crippen LogP) is 3.50. The molecule has 0 radical (unpaired) electrons. The third-order valence-electron chi connectivity index (χ3n) is 2.33. The van der Waals surface area contributed by atoms with E-state index in [9.17, 15) is 0 Å². The minimum Gasteiger partial charge on any atom is -0.398 e. The zero-order valence-electron chi connectivity index (χ0n) is 9.80. The van der Waals surface area contributed by atoms with E-state index < -0.39 is 0 Å². The smallest absolute Gasteiger partial charge is 0.174 e. The van der Waals surface area contributed by atoms with Gasteiger partial charge in [0.1, 0.15) is 5.82 Å². The lowest BCUT2D eigenvalue weighted by Crippen LogP contribution is -1.88. The first-order valence-corrected chi connectivity index (χ1v) is 7.67. The number of fused-ring (bicyclic) bond motifs is 1. The van der Waals surface area contributed by atoms with Gasteiger partial charge >= 0.3 is 0 Å². The van der Waals surface area contributed by atoms with E-state index in [4.69, 9.17) is 5.73 Å². The molecule has 18 heavy (non-hydrogen) atoms. The Kier molecular flexibility index (Phi) is 2.96. The summed E-state index contributed by atoms with van der Waals surface area (Å²) in [6.07, 6.45) is 0. The molecule has 3 aromatic rings. The van der Waals surface area contributed by atoms with E-state index in [0.29, 0.717) is 0 Å². The average molecular weight is 294 g/mol. The van der Waals surface area contributed by atoms with Crippen LogP contribution < -0.4 is 5.73 Å². The Morgan fingerprint density at radius 2 is 2.06 bits per heavy atom. The Morgan fingerprint density at radius 1 is 1.22 bits per heavy atom. The van der Waals surface area contributed by atoms with Gasteiger partial charge in [-0.05, 0) is 37.5 Å². The Labute approximate surface area is 116 Å². The van der Waals surface area contributed by atoms with Gasteiger partial charge in [0.25, 0.3) is 0 Å². The molecule has 0 atom stereocenters. The Bertz CT molecular complexity index is 716. The molecule has 0 saturated carbocycles. The molecule has 0 unspecified atom stereocenters. The van der Waals surface area contributed by atoms with Crippen LogP contribution in [0.4, 0.5) is 5.69 Å². The van der Waals surface area contributed by atoms with Crippen molar-refractivity contribution in [2.75, 3.05) is 5.73 Å². The van der Waals surface area contributed by atoms with Crippen molar-refractivity contribution in [1.82, 2.24) is 14.3 Å². The van der Waals surface area contributed by atoms with Crippen LogP contribution in [0.25, 0.3) is 10.2 Å². The van der Waals surface area contributed by atoms with E-state index in [1.165, 1.54) is 11.5 Å². The summed E-state index contributed by atoms with van der Waals surface area (Å²) >= 11 is 4.60. The summed E-state index contributed by atoms with van der Waals surface area (Å²) in [6, 6.07) is 4.01. The highest BCUT2D eigenvalue weighted by Gasteiger charge is 2.10. The van der Waals surface area contributed by atoms with Crippen molar-refractivity contribution in [3.05, 3.63) is 23.0 Å². The Morgan fingerprint density at radius 3 is 2.78 bits per heavy atom. The minimum absolute atomic E-state index is 0.768. The van der Waals surface area contributed by atoms with Gasteiger partial charge in [0, 0.05) is 10.6 Å². The molecule has 2 N–H and O–H groups in total. The standard InChI is InChI=1S/C11H10N4S3/c1-5-13-11(18-15-5)17-9-4-8-10(3-7(9)12)16-6(2)14-8/h3-4H,12H2,1-2H3. The van der Waals surface area contributed by atoms with E-state index >= 15 is 0 Å². The largest absolute Gasteiger partial charge is 0.398 e. The van der Waals surface area contributed by atoms with Crippen molar-refractivity contribution in [1.29, 1.82) is 0 Å². The number of aryl methyl sites for hydroxylation is 2. The highest BCUT2D eigenvalue weighted by Crippen LogP contribution is 2.36. The number of thiazole rings is 1. The van der Waals surface area contributed by atoms with Gasteiger partial charge in [-0.1, -0.05) is 11.8 Å². The molecule has 0 saturated heterocycles. The predicted molar refractivity (Wildman–Crippen MR) is 77.5 cm³/mol. The molecular formula is C11H10N4S3. The van der Waals surface area contributed by atoms with Crippen LogP contribution in [0.5, 0.6) is 0 Å². The molecule has 7 heteroatoms. The quantitative estimate of drug-likeness (QED) is 0.733. The van der Waals surface area contributed by atoms with Gasteiger partial charge in [-0.3, -0.25) is 0 Å². The first-order chi connectivity index (χ1) is 8.61. The number of aromatic nitrogens is 3. The number of benzene rings is 1. The van der Waals surface area contributed by atoms with Gasteiger partial charge in [0.05, 0.1) is 15.2 Å². The monoisotopic (exact) mass is 294 g/mol. The number of hydrogen-bond acceptors (Lipinski definition) is 7. The van der Waals surface area contributed by atoms with E-state index in [1.807, 2.05) is 26.0 Å². The summed E-state index contributed by atoms with van der Waals surface area (Å²) < 4.78 is 6.20. The lowest BCUT2D eigenvalue weighted by atomic mass is 10.3. The van der Waals surface area contributed by atoms with Crippen molar-refractivity contribution in [3.8, 4) is 0 Å². The number of rotatable bonds is 2. The normalized spacial score (nSPS) is 11.2. The van der Waals surface area contributed by atoms with Crippen LogP contribution in [-0.2, 0) is 0 Å². The van der Waals surface area contributed by atoms with Crippen molar-refractivity contribution in [2.45, 2.75) is 23.1 Å². The molecular weight excluding hydrogens is 284 g/mol. The molecule has 0 aliphatic carbocycles. The topological polar surface area (TPSA) is 64.7 Å². The second-order valence-electron chi connectivity index (χ2n) is 3.80. The molecule has 0 amide bonds. The fourth-order valence-electron chi connectivity index (χ4n) is 1.59. The highest BCUT2D eigenvalue weighted by atomic mass is 32.2. The van der Waals surface area contributed by atoms with E-state index in [0.717, 1.165) is 36.0 Å². The van der Waals surface area contributed by atoms with Gasteiger partial charge in [0.15, 0.2) is 4.34 Å². The van der Waals surface area contributed by atoms with Gasteiger partial charge in [-0.25, -0.2) is 9.97 Å². The molecule has 4 nitrogen and oxygen atoms in total. The summed E-state index contributed by atoms with van der Waals surface area (Å²) in [6.45, 7) is 3.89. The molecule has 0 aliphatic heterocycles. The van der Waals surface area contributed by atoms with Crippen molar-refractivity contribution in [3.63, 3.8) is 0 Å². The van der Waals surface area contributed by atoms with Crippen LogP contribution in [0, 0.1) is 13.8 Å². The molecule has 0 fully saturated rings. The molecule has 0 spiro atoms. The summed E-state index contributed by atoms with van der Waals surface area (Å²) in [7, 11) is 0.